The van der Waals surface area contributed by atoms with Crippen molar-refractivity contribution in [2.75, 3.05) is 19.6 Å². The molecule has 1 atom stereocenters. The largest absolute Gasteiger partial charge is 0.304 e. The smallest absolute Gasteiger partial charge is 0.0355 e. The molecule has 22 heavy (non-hydrogen) atoms. The van der Waals surface area contributed by atoms with Crippen LogP contribution >= 0.6 is 11.3 Å². The van der Waals surface area contributed by atoms with E-state index in [0.717, 1.165) is 13.1 Å². The predicted octanol–water partition coefficient (Wildman–Crippen LogP) is 5.89. The Morgan fingerprint density at radius 3 is 2.45 bits per heavy atom. The zero-order chi connectivity index (χ0) is 15.5. The Kier molecular flexibility index (Phi) is 4.80. The van der Waals surface area contributed by atoms with Crippen LogP contribution < -0.4 is 0 Å². The van der Waals surface area contributed by atoms with E-state index in [1.807, 2.05) is 11.3 Å². The van der Waals surface area contributed by atoms with E-state index in [1.54, 1.807) is 0 Å². The summed E-state index contributed by atoms with van der Waals surface area (Å²) in [6.07, 6.45) is 1.23. The fourth-order valence-electron chi connectivity index (χ4n) is 3.13. The van der Waals surface area contributed by atoms with Gasteiger partial charge in [0, 0.05) is 20.2 Å². The molecule has 2 heteroatoms. The number of hydrogen-bond acceptors (Lipinski definition) is 2. The number of hydrogen-bond donors (Lipinski definition) is 0. The molecule has 0 N–H and O–H groups in total. The standard InChI is InChI=1S/C20H25NS/c1-4-21(5-2)13-12-15(3)16-10-11-20-18(14-16)17-8-6-7-9-19(17)22-20/h6-11,14-15H,4-5,12-13H2,1-3H3. The van der Waals surface area contributed by atoms with Gasteiger partial charge in [-0.2, -0.15) is 0 Å². The first kappa shape index (κ1) is 15.5. The molecule has 0 radical (unpaired) electrons. The van der Waals surface area contributed by atoms with Crippen LogP contribution in [0.3, 0.4) is 0 Å². The zero-order valence-corrected chi connectivity index (χ0v) is 14.6. The summed E-state index contributed by atoms with van der Waals surface area (Å²) in [6.45, 7) is 10.3. The van der Waals surface area contributed by atoms with Gasteiger partial charge in [-0.25, -0.2) is 0 Å². The van der Waals surface area contributed by atoms with E-state index in [4.69, 9.17) is 0 Å². The van der Waals surface area contributed by atoms with Crippen LogP contribution in [0.15, 0.2) is 42.5 Å². The summed E-state index contributed by atoms with van der Waals surface area (Å²) in [5.74, 6) is 0.615. The Bertz CT molecular complexity index is 755. The Balaban J connectivity index is 1.86. The average molecular weight is 311 g/mol. The lowest BCUT2D eigenvalue weighted by Crippen LogP contribution is -2.24. The summed E-state index contributed by atoms with van der Waals surface area (Å²) in [4.78, 5) is 2.51. The molecule has 116 valence electrons. The van der Waals surface area contributed by atoms with Gasteiger partial charge < -0.3 is 4.90 Å². The van der Waals surface area contributed by atoms with Crippen LogP contribution in [0.25, 0.3) is 20.2 Å². The molecule has 2 aromatic carbocycles. The van der Waals surface area contributed by atoms with E-state index < -0.39 is 0 Å². The van der Waals surface area contributed by atoms with Crippen LogP contribution in [0.4, 0.5) is 0 Å². The van der Waals surface area contributed by atoms with E-state index in [0.29, 0.717) is 5.92 Å². The van der Waals surface area contributed by atoms with Gasteiger partial charge in [0.1, 0.15) is 0 Å². The lowest BCUT2D eigenvalue weighted by Gasteiger charge is -2.20. The Morgan fingerprint density at radius 2 is 1.68 bits per heavy atom. The molecule has 3 rings (SSSR count). The van der Waals surface area contributed by atoms with Crippen molar-refractivity contribution in [2.24, 2.45) is 0 Å². The molecule has 0 amide bonds. The van der Waals surface area contributed by atoms with Crippen molar-refractivity contribution in [3.63, 3.8) is 0 Å². The normalized spacial score (nSPS) is 13.3. The van der Waals surface area contributed by atoms with Crippen LogP contribution in [0.2, 0.25) is 0 Å². The average Bonchev–Trinajstić information content (AvgIpc) is 2.93. The second kappa shape index (κ2) is 6.80. The highest BCUT2D eigenvalue weighted by Crippen LogP contribution is 2.35. The molecule has 0 spiro atoms. The molecule has 1 nitrogen and oxygen atoms in total. The Morgan fingerprint density at radius 1 is 0.955 bits per heavy atom. The van der Waals surface area contributed by atoms with Crippen molar-refractivity contribution >= 4 is 31.5 Å². The van der Waals surface area contributed by atoms with Crippen LogP contribution in [0, 0.1) is 0 Å². The third-order valence-electron chi connectivity index (χ3n) is 4.74. The molecule has 3 aromatic rings. The molecule has 0 aliphatic rings. The van der Waals surface area contributed by atoms with Crippen LogP contribution in [-0.2, 0) is 0 Å². The van der Waals surface area contributed by atoms with E-state index in [2.05, 4.69) is 68.1 Å². The van der Waals surface area contributed by atoms with Gasteiger partial charge in [0.25, 0.3) is 0 Å². The molecule has 0 bridgehead atoms. The van der Waals surface area contributed by atoms with Gasteiger partial charge in [-0.3, -0.25) is 0 Å². The van der Waals surface area contributed by atoms with Crippen molar-refractivity contribution in [3.8, 4) is 0 Å². The molecule has 0 fully saturated rings. The van der Waals surface area contributed by atoms with Gasteiger partial charge in [0.2, 0.25) is 0 Å². The first-order valence-corrected chi connectivity index (χ1v) is 9.18. The van der Waals surface area contributed by atoms with Crippen LogP contribution in [0.5, 0.6) is 0 Å². The van der Waals surface area contributed by atoms with E-state index in [1.165, 1.54) is 38.7 Å². The highest BCUT2D eigenvalue weighted by atomic mass is 32.1. The zero-order valence-electron chi connectivity index (χ0n) is 13.8. The SMILES string of the molecule is CCN(CC)CCC(C)c1ccc2sc3ccccc3c2c1. The van der Waals surface area contributed by atoms with Gasteiger partial charge in [0.05, 0.1) is 0 Å². The summed E-state index contributed by atoms with van der Waals surface area (Å²) in [5, 5.41) is 2.83. The van der Waals surface area contributed by atoms with Crippen molar-refractivity contribution in [1.82, 2.24) is 4.90 Å². The third-order valence-corrected chi connectivity index (χ3v) is 5.89. The lowest BCUT2D eigenvalue weighted by molar-refractivity contribution is 0.292. The minimum Gasteiger partial charge on any atom is -0.304 e. The van der Waals surface area contributed by atoms with Crippen molar-refractivity contribution in [1.29, 1.82) is 0 Å². The molecule has 1 heterocycles. The minimum absolute atomic E-state index is 0.615. The predicted molar refractivity (Wildman–Crippen MR) is 100 cm³/mol. The summed E-state index contributed by atoms with van der Waals surface area (Å²) in [6, 6.07) is 15.8. The van der Waals surface area contributed by atoms with Crippen LogP contribution in [-0.4, -0.2) is 24.5 Å². The van der Waals surface area contributed by atoms with Crippen LogP contribution in [0.1, 0.15) is 38.7 Å². The summed E-state index contributed by atoms with van der Waals surface area (Å²) in [7, 11) is 0. The van der Waals surface area contributed by atoms with Crippen molar-refractivity contribution in [2.45, 2.75) is 33.1 Å². The highest BCUT2D eigenvalue weighted by Gasteiger charge is 2.11. The summed E-state index contributed by atoms with van der Waals surface area (Å²) in [5.41, 5.74) is 1.48. The Labute approximate surface area is 137 Å². The fraction of sp³-hybridized carbons (Fsp3) is 0.400. The molecule has 0 saturated carbocycles. The number of thiophene rings is 1. The second-order valence-electron chi connectivity index (χ2n) is 6.07. The number of nitrogens with zero attached hydrogens (tertiary/aromatic N) is 1. The van der Waals surface area contributed by atoms with Gasteiger partial charge in [-0.15, -0.1) is 11.3 Å². The molecule has 0 saturated heterocycles. The molecule has 0 aliphatic heterocycles. The number of rotatable bonds is 6. The van der Waals surface area contributed by atoms with Gasteiger partial charge in [-0.05, 0) is 55.7 Å². The summed E-state index contributed by atoms with van der Waals surface area (Å²) < 4.78 is 2.80. The van der Waals surface area contributed by atoms with Gasteiger partial charge in [-0.1, -0.05) is 45.0 Å². The first-order valence-electron chi connectivity index (χ1n) is 8.36. The quantitative estimate of drug-likeness (QED) is 0.548. The van der Waals surface area contributed by atoms with E-state index in [9.17, 15) is 0 Å². The molecule has 1 unspecified atom stereocenters. The first-order chi connectivity index (χ1) is 10.7. The molecule has 1 aromatic heterocycles. The molecule has 0 aliphatic carbocycles. The number of fused-ring (bicyclic) bond motifs is 3. The van der Waals surface area contributed by atoms with Gasteiger partial charge >= 0.3 is 0 Å². The molecular formula is C20H25NS. The molecular weight excluding hydrogens is 286 g/mol. The fourth-order valence-corrected chi connectivity index (χ4v) is 4.22. The maximum absolute atomic E-state index is 2.51. The third kappa shape index (κ3) is 3.04. The lowest BCUT2D eigenvalue weighted by atomic mass is 9.96. The van der Waals surface area contributed by atoms with Crippen molar-refractivity contribution < 1.29 is 0 Å². The highest BCUT2D eigenvalue weighted by molar-refractivity contribution is 7.25. The topological polar surface area (TPSA) is 3.24 Å². The maximum atomic E-state index is 2.51. The summed E-state index contributed by atoms with van der Waals surface area (Å²) >= 11 is 1.90. The van der Waals surface area contributed by atoms with E-state index in [-0.39, 0.29) is 0 Å². The monoisotopic (exact) mass is 311 g/mol. The Hall–Kier alpha value is -1.38. The maximum Gasteiger partial charge on any atom is 0.0355 e. The number of benzene rings is 2. The second-order valence-corrected chi connectivity index (χ2v) is 7.15. The van der Waals surface area contributed by atoms with Crippen molar-refractivity contribution in [3.05, 3.63) is 48.0 Å². The minimum atomic E-state index is 0.615. The van der Waals surface area contributed by atoms with E-state index >= 15 is 0 Å². The van der Waals surface area contributed by atoms with Gasteiger partial charge in [0.15, 0.2) is 0 Å².